The van der Waals surface area contributed by atoms with Crippen LogP contribution in [0.1, 0.15) is 16.8 Å². The summed E-state index contributed by atoms with van der Waals surface area (Å²) in [7, 11) is 1.39. The van der Waals surface area contributed by atoms with Gasteiger partial charge in [0, 0.05) is 30.8 Å². The van der Waals surface area contributed by atoms with Crippen LogP contribution < -0.4 is 4.29 Å². The van der Waals surface area contributed by atoms with Crippen LogP contribution in [0, 0.1) is 13.8 Å². The first-order valence-corrected chi connectivity index (χ1v) is 10.6. The number of pyridine rings is 1. The highest BCUT2D eigenvalue weighted by atomic mass is 35.5. The lowest BCUT2D eigenvalue weighted by Crippen LogP contribution is -2.46. The number of nitrogens with zero attached hydrogens (tertiary/aromatic N) is 3. The first-order valence-electron chi connectivity index (χ1n) is 9.92. The van der Waals surface area contributed by atoms with Gasteiger partial charge in [-0.25, -0.2) is 9.78 Å². The Labute approximate surface area is 190 Å². The Kier molecular flexibility index (Phi) is 6.27. The van der Waals surface area contributed by atoms with Gasteiger partial charge in [0.15, 0.2) is 0 Å². The maximum Gasteiger partial charge on any atom is 0.409 e. The topological polar surface area (TPSA) is 65.3 Å². The largest absolute Gasteiger partial charge is 0.453 e. The zero-order chi connectivity index (χ0) is 22.1. The Morgan fingerprint density at radius 1 is 1.32 bits per heavy atom. The molecule has 1 fully saturated rings. The van der Waals surface area contributed by atoms with Crippen molar-refractivity contribution in [2.75, 3.05) is 26.8 Å². The Balaban J connectivity index is 1.79. The summed E-state index contributed by atoms with van der Waals surface area (Å²) >= 11 is 12.1. The molecular formula is C22H23Cl2N3O4. The van der Waals surface area contributed by atoms with E-state index in [4.69, 9.17) is 42.2 Å². The lowest BCUT2D eigenvalue weighted by atomic mass is 10.0. The molecule has 3 heterocycles. The lowest BCUT2D eigenvalue weighted by Gasteiger charge is -2.32. The van der Waals surface area contributed by atoms with Crippen LogP contribution in [0.5, 0.6) is 5.75 Å². The van der Waals surface area contributed by atoms with Gasteiger partial charge >= 0.3 is 6.09 Å². The summed E-state index contributed by atoms with van der Waals surface area (Å²) in [6.07, 6.45) is 2.00. The summed E-state index contributed by atoms with van der Waals surface area (Å²) in [5, 5.41) is 0.498. The molecule has 0 spiro atoms. The summed E-state index contributed by atoms with van der Waals surface area (Å²) in [6, 6.07) is 7.55. The van der Waals surface area contributed by atoms with E-state index >= 15 is 0 Å². The van der Waals surface area contributed by atoms with Crippen LogP contribution in [0.15, 0.2) is 30.5 Å². The third kappa shape index (κ3) is 4.31. The molecule has 1 aromatic carbocycles. The molecule has 1 aliphatic rings. The standard InChI is InChI=1S/C22H23Cl2N3O4/c1-13-4-5-27-18(11-16-12-26(6-7-30-16)22(28)29-3)21(25-19(27)8-13)20-14(2)9-15(31-24)10-17(20)23/h4-5,8-10,16H,6-7,11-12H2,1-3H3. The van der Waals surface area contributed by atoms with Gasteiger partial charge in [-0.15, -0.1) is 0 Å². The van der Waals surface area contributed by atoms with E-state index in [1.54, 1.807) is 11.0 Å². The molecule has 1 aliphatic heterocycles. The van der Waals surface area contributed by atoms with Gasteiger partial charge in [0.25, 0.3) is 0 Å². The van der Waals surface area contributed by atoms with E-state index in [0.29, 0.717) is 36.9 Å². The maximum atomic E-state index is 12.0. The smallest absolute Gasteiger partial charge is 0.409 e. The minimum atomic E-state index is -0.349. The molecule has 0 aliphatic carbocycles. The molecule has 0 N–H and O–H groups in total. The van der Waals surface area contributed by atoms with Crippen LogP contribution in [-0.2, 0) is 15.9 Å². The number of hydrogen-bond acceptors (Lipinski definition) is 5. The summed E-state index contributed by atoms with van der Waals surface area (Å²) in [4.78, 5) is 18.6. The first-order chi connectivity index (χ1) is 14.9. The number of ether oxygens (including phenoxy) is 2. The molecule has 164 valence electrons. The van der Waals surface area contributed by atoms with Gasteiger partial charge in [-0.2, -0.15) is 0 Å². The molecule has 3 aromatic rings. The van der Waals surface area contributed by atoms with E-state index < -0.39 is 0 Å². The number of carbonyl (C=O) groups excluding carboxylic acids is 1. The molecule has 2 aromatic heterocycles. The summed E-state index contributed by atoms with van der Waals surface area (Å²) in [6.45, 7) is 5.36. The van der Waals surface area contributed by atoms with Gasteiger partial charge in [-0.1, -0.05) is 11.6 Å². The molecular weight excluding hydrogens is 441 g/mol. The van der Waals surface area contributed by atoms with E-state index in [1.165, 1.54) is 7.11 Å². The molecule has 4 rings (SSSR count). The van der Waals surface area contributed by atoms with Crippen LogP contribution in [0.25, 0.3) is 16.9 Å². The van der Waals surface area contributed by atoms with E-state index in [2.05, 4.69) is 0 Å². The van der Waals surface area contributed by atoms with Crippen molar-refractivity contribution in [2.45, 2.75) is 26.4 Å². The predicted octanol–water partition coefficient (Wildman–Crippen LogP) is 4.81. The zero-order valence-electron chi connectivity index (χ0n) is 17.5. The number of hydrogen-bond donors (Lipinski definition) is 0. The highest BCUT2D eigenvalue weighted by molar-refractivity contribution is 6.33. The van der Waals surface area contributed by atoms with Gasteiger partial charge < -0.3 is 23.1 Å². The molecule has 1 unspecified atom stereocenters. The Morgan fingerprint density at radius 2 is 2.13 bits per heavy atom. The van der Waals surface area contributed by atoms with Gasteiger partial charge in [-0.05, 0) is 43.2 Å². The fraction of sp³-hybridized carbons (Fsp3) is 0.364. The third-order valence-corrected chi connectivity index (χ3v) is 5.94. The highest BCUT2D eigenvalue weighted by Crippen LogP contribution is 2.37. The van der Waals surface area contributed by atoms with Gasteiger partial charge in [0.05, 0.1) is 42.8 Å². The van der Waals surface area contributed by atoms with E-state index in [0.717, 1.165) is 33.7 Å². The van der Waals surface area contributed by atoms with Crippen molar-refractivity contribution in [3.63, 3.8) is 0 Å². The monoisotopic (exact) mass is 463 g/mol. The second-order valence-corrected chi connectivity index (χ2v) is 8.19. The fourth-order valence-corrected chi connectivity index (χ4v) is 4.44. The summed E-state index contributed by atoms with van der Waals surface area (Å²) in [5.41, 5.74) is 5.36. The molecule has 9 heteroatoms. The second-order valence-electron chi connectivity index (χ2n) is 7.63. The van der Waals surface area contributed by atoms with Crippen molar-refractivity contribution in [3.8, 4) is 17.0 Å². The number of imidazole rings is 1. The molecule has 1 saturated heterocycles. The number of aryl methyl sites for hydroxylation is 2. The average molecular weight is 464 g/mol. The summed E-state index contributed by atoms with van der Waals surface area (Å²) in [5.74, 6) is 0.471. The Bertz CT molecular complexity index is 1110. The number of benzene rings is 1. The molecule has 7 nitrogen and oxygen atoms in total. The van der Waals surface area contributed by atoms with Crippen molar-refractivity contribution in [3.05, 3.63) is 52.3 Å². The Hall–Kier alpha value is -2.48. The van der Waals surface area contributed by atoms with Crippen molar-refractivity contribution in [1.29, 1.82) is 0 Å². The predicted molar refractivity (Wildman–Crippen MR) is 119 cm³/mol. The maximum absolute atomic E-state index is 12.0. The van der Waals surface area contributed by atoms with Crippen molar-refractivity contribution >= 4 is 35.2 Å². The second kappa shape index (κ2) is 8.94. The third-order valence-electron chi connectivity index (χ3n) is 5.46. The minimum absolute atomic E-state index is 0.197. The number of methoxy groups -OCH3 is 1. The minimum Gasteiger partial charge on any atom is -0.453 e. The van der Waals surface area contributed by atoms with Crippen LogP contribution in [0.3, 0.4) is 0 Å². The highest BCUT2D eigenvalue weighted by Gasteiger charge is 2.28. The van der Waals surface area contributed by atoms with Gasteiger partial charge in [0.2, 0.25) is 0 Å². The van der Waals surface area contributed by atoms with Crippen LogP contribution in [0.2, 0.25) is 5.02 Å². The van der Waals surface area contributed by atoms with Crippen molar-refractivity contribution < 1.29 is 18.6 Å². The molecule has 1 atom stereocenters. The van der Waals surface area contributed by atoms with E-state index in [9.17, 15) is 4.79 Å². The molecule has 0 saturated carbocycles. The van der Waals surface area contributed by atoms with Crippen LogP contribution >= 0.6 is 23.5 Å². The van der Waals surface area contributed by atoms with Crippen molar-refractivity contribution in [2.24, 2.45) is 0 Å². The molecule has 0 bridgehead atoms. The SMILES string of the molecule is COC(=O)N1CCOC(Cc2c(-c3c(C)cc(OCl)cc3Cl)nc3cc(C)ccn23)C1. The molecule has 31 heavy (non-hydrogen) atoms. The van der Waals surface area contributed by atoms with Crippen molar-refractivity contribution in [1.82, 2.24) is 14.3 Å². The lowest BCUT2D eigenvalue weighted by molar-refractivity contribution is -0.0241. The number of rotatable bonds is 4. The number of morpholine rings is 1. The first kappa shape index (κ1) is 21.7. The normalized spacial score (nSPS) is 16.5. The molecule has 0 radical (unpaired) electrons. The van der Waals surface area contributed by atoms with Gasteiger partial charge in [-0.3, -0.25) is 0 Å². The van der Waals surface area contributed by atoms with E-state index in [-0.39, 0.29) is 12.2 Å². The van der Waals surface area contributed by atoms with Gasteiger partial charge in [0.1, 0.15) is 23.3 Å². The average Bonchev–Trinajstić information content (AvgIpc) is 3.09. The number of aromatic nitrogens is 2. The number of fused-ring (bicyclic) bond motifs is 1. The number of carbonyl (C=O) groups is 1. The molecule has 1 amide bonds. The Morgan fingerprint density at radius 3 is 2.84 bits per heavy atom. The van der Waals surface area contributed by atoms with E-state index in [1.807, 2.05) is 42.6 Å². The fourth-order valence-electron chi connectivity index (χ4n) is 4.00. The zero-order valence-corrected chi connectivity index (χ0v) is 19.0. The number of halogens is 2. The summed E-state index contributed by atoms with van der Waals surface area (Å²) < 4.78 is 17.7. The number of amides is 1. The van der Waals surface area contributed by atoms with Crippen LogP contribution in [0.4, 0.5) is 4.79 Å². The van der Waals surface area contributed by atoms with Crippen LogP contribution in [-0.4, -0.2) is 53.3 Å². The quantitative estimate of drug-likeness (QED) is 0.555.